The van der Waals surface area contributed by atoms with Gasteiger partial charge in [-0.2, -0.15) is 0 Å². The number of halogens is 1. The highest BCUT2D eigenvalue weighted by atomic mass is 79.9. The largest absolute Gasteiger partial charge is 0.486 e. The minimum absolute atomic E-state index is 0.0854. The van der Waals surface area contributed by atoms with Crippen molar-refractivity contribution in [2.45, 2.75) is 20.4 Å². The van der Waals surface area contributed by atoms with Crippen LogP contribution in [0.5, 0.6) is 11.5 Å². The van der Waals surface area contributed by atoms with Crippen molar-refractivity contribution in [2.75, 3.05) is 23.8 Å². The molecule has 0 bridgehead atoms. The first-order valence-corrected chi connectivity index (χ1v) is 10.4. The summed E-state index contributed by atoms with van der Waals surface area (Å²) in [5.74, 6) is 0.536. The van der Waals surface area contributed by atoms with Crippen LogP contribution in [0.25, 0.3) is 0 Å². The van der Waals surface area contributed by atoms with Crippen molar-refractivity contribution in [3.8, 4) is 11.5 Å². The van der Waals surface area contributed by atoms with Gasteiger partial charge in [0, 0.05) is 21.9 Å². The summed E-state index contributed by atoms with van der Waals surface area (Å²) in [7, 11) is 0. The van der Waals surface area contributed by atoms with E-state index in [1.165, 1.54) is 4.68 Å². The first-order chi connectivity index (χ1) is 14.9. The van der Waals surface area contributed by atoms with Crippen molar-refractivity contribution >= 4 is 39.1 Å². The molecule has 0 saturated heterocycles. The number of carbonyl (C=O) groups is 2. The fraction of sp³-hybridized carbons (Fsp3) is 0.238. The summed E-state index contributed by atoms with van der Waals surface area (Å²) in [5, 5.41) is 13.5. The fourth-order valence-electron chi connectivity index (χ4n) is 3.09. The molecule has 2 amide bonds. The maximum absolute atomic E-state index is 12.6. The molecule has 1 aliphatic rings. The Morgan fingerprint density at radius 2 is 1.74 bits per heavy atom. The molecule has 160 valence electrons. The van der Waals surface area contributed by atoms with E-state index in [1.807, 2.05) is 19.1 Å². The van der Waals surface area contributed by atoms with Gasteiger partial charge in [0.2, 0.25) is 5.91 Å². The Morgan fingerprint density at radius 1 is 1.03 bits per heavy atom. The van der Waals surface area contributed by atoms with Crippen LogP contribution in [-0.2, 0) is 11.3 Å². The smallest absolute Gasteiger partial charge is 0.278 e. The minimum atomic E-state index is -0.391. The van der Waals surface area contributed by atoms with E-state index < -0.39 is 5.91 Å². The van der Waals surface area contributed by atoms with Gasteiger partial charge in [0.25, 0.3) is 5.91 Å². The maximum Gasteiger partial charge on any atom is 0.278 e. The molecule has 2 aromatic carbocycles. The highest BCUT2D eigenvalue weighted by Crippen LogP contribution is 2.32. The zero-order valence-electron chi connectivity index (χ0n) is 16.9. The minimum Gasteiger partial charge on any atom is -0.486 e. The van der Waals surface area contributed by atoms with Gasteiger partial charge in [0.05, 0.1) is 5.69 Å². The predicted octanol–water partition coefficient (Wildman–Crippen LogP) is 3.32. The van der Waals surface area contributed by atoms with Crippen LogP contribution >= 0.6 is 15.9 Å². The van der Waals surface area contributed by atoms with E-state index in [1.54, 1.807) is 31.2 Å². The number of aryl methyl sites for hydroxylation is 1. The molecule has 1 aliphatic heterocycles. The number of rotatable bonds is 5. The Hall–Kier alpha value is -3.40. The average Bonchev–Trinajstić information content (AvgIpc) is 3.10. The first-order valence-electron chi connectivity index (χ1n) is 9.58. The maximum atomic E-state index is 12.6. The Balaban J connectivity index is 1.41. The van der Waals surface area contributed by atoms with Gasteiger partial charge in [-0.1, -0.05) is 21.1 Å². The number of hydrogen-bond donors (Lipinski definition) is 2. The molecule has 0 aliphatic carbocycles. The third kappa shape index (κ3) is 4.69. The molecule has 31 heavy (non-hydrogen) atoms. The molecule has 2 N–H and O–H groups in total. The van der Waals surface area contributed by atoms with Crippen LogP contribution in [0.15, 0.2) is 40.9 Å². The first kappa shape index (κ1) is 20.9. The number of nitrogens with zero attached hydrogens (tertiary/aromatic N) is 3. The Labute approximate surface area is 186 Å². The van der Waals surface area contributed by atoms with Crippen LogP contribution in [0.3, 0.4) is 0 Å². The average molecular weight is 486 g/mol. The summed E-state index contributed by atoms with van der Waals surface area (Å²) in [6.07, 6.45) is 0. The van der Waals surface area contributed by atoms with Gasteiger partial charge in [0.15, 0.2) is 17.2 Å². The van der Waals surface area contributed by atoms with Gasteiger partial charge in [-0.25, -0.2) is 4.68 Å². The van der Waals surface area contributed by atoms with Crippen LogP contribution in [0.2, 0.25) is 0 Å². The predicted molar refractivity (Wildman–Crippen MR) is 118 cm³/mol. The molecule has 3 aromatic rings. The van der Waals surface area contributed by atoms with Crippen LogP contribution in [0.1, 0.15) is 21.7 Å². The second-order valence-electron chi connectivity index (χ2n) is 7.01. The Bertz CT molecular complexity index is 1160. The lowest BCUT2D eigenvalue weighted by Gasteiger charge is -2.19. The fourth-order valence-corrected chi connectivity index (χ4v) is 3.34. The lowest BCUT2D eigenvalue weighted by atomic mass is 10.2. The molecular formula is C21H20BrN5O4. The number of nitrogens with one attached hydrogen (secondary N) is 2. The van der Waals surface area contributed by atoms with Gasteiger partial charge < -0.3 is 20.1 Å². The molecule has 0 fully saturated rings. The van der Waals surface area contributed by atoms with Crippen LogP contribution < -0.4 is 20.1 Å². The third-order valence-electron chi connectivity index (χ3n) is 4.73. The van der Waals surface area contributed by atoms with Gasteiger partial charge in [0.1, 0.15) is 19.8 Å². The van der Waals surface area contributed by atoms with Crippen LogP contribution in [0.4, 0.5) is 11.4 Å². The van der Waals surface area contributed by atoms with Crippen molar-refractivity contribution < 1.29 is 19.1 Å². The van der Waals surface area contributed by atoms with E-state index in [0.29, 0.717) is 41.8 Å². The summed E-state index contributed by atoms with van der Waals surface area (Å²) < 4.78 is 13.3. The van der Waals surface area contributed by atoms with E-state index in [0.717, 1.165) is 10.0 Å². The second kappa shape index (κ2) is 8.76. The summed E-state index contributed by atoms with van der Waals surface area (Å²) in [5.41, 5.74) is 2.87. The van der Waals surface area contributed by atoms with E-state index >= 15 is 0 Å². The molecule has 9 nitrogen and oxygen atoms in total. The molecule has 0 saturated carbocycles. The van der Waals surface area contributed by atoms with E-state index in [4.69, 9.17) is 9.47 Å². The number of fused-ring (bicyclic) bond motifs is 1. The molecule has 2 heterocycles. The van der Waals surface area contributed by atoms with E-state index in [9.17, 15) is 9.59 Å². The molecule has 0 atom stereocenters. The summed E-state index contributed by atoms with van der Waals surface area (Å²) in [6, 6.07) is 10.7. The Kier molecular flexibility index (Phi) is 5.90. The second-order valence-corrected chi connectivity index (χ2v) is 7.86. The number of carbonyl (C=O) groups excluding carboxylic acids is 2. The van der Waals surface area contributed by atoms with Crippen molar-refractivity contribution in [3.05, 3.63) is 57.8 Å². The van der Waals surface area contributed by atoms with Crippen molar-refractivity contribution in [1.82, 2.24) is 15.0 Å². The lowest BCUT2D eigenvalue weighted by Crippen LogP contribution is -2.21. The molecule has 1 aromatic heterocycles. The highest BCUT2D eigenvalue weighted by Gasteiger charge is 2.19. The lowest BCUT2D eigenvalue weighted by molar-refractivity contribution is -0.117. The topological polar surface area (TPSA) is 107 Å². The molecule has 0 spiro atoms. The summed E-state index contributed by atoms with van der Waals surface area (Å²) >= 11 is 3.43. The van der Waals surface area contributed by atoms with Gasteiger partial charge in [-0.15, -0.1) is 5.10 Å². The number of amides is 2. The monoisotopic (exact) mass is 485 g/mol. The summed E-state index contributed by atoms with van der Waals surface area (Å²) in [6.45, 7) is 4.51. The highest BCUT2D eigenvalue weighted by molar-refractivity contribution is 9.10. The van der Waals surface area contributed by atoms with Gasteiger partial charge >= 0.3 is 0 Å². The van der Waals surface area contributed by atoms with Crippen LogP contribution in [-0.4, -0.2) is 40.0 Å². The van der Waals surface area contributed by atoms with E-state index in [-0.39, 0.29) is 18.1 Å². The number of ether oxygens (including phenoxy) is 2. The Morgan fingerprint density at radius 3 is 2.52 bits per heavy atom. The van der Waals surface area contributed by atoms with Crippen molar-refractivity contribution in [2.24, 2.45) is 0 Å². The number of hydrogen-bond acceptors (Lipinski definition) is 6. The molecule has 0 radical (unpaired) electrons. The molecule has 4 rings (SSSR count). The van der Waals surface area contributed by atoms with Gasteiger partial charge in [-0.05, 0) is 49.7 Å². The summed E-state index contributed by atoms with van der Waals surface area (Å²) in [4.78, 5) is 25.1. The van der Waals surface area contributed by atoms with Crippen LogP contribution in [0, 0.1) is 13.8 Å². The number of aromatic nitrogens is 3. The zero-order valence-corrected chi connectivity index (χ0v) is 18.5. The molecule has 10 heteroatoms. The van der Waals surface area contributed by atoms with Gasteiger partial charge in [-0.3, -0.25) is 9.59 Å². The normalized spacial score (nSPS) is 12.4. The third-order valence-corrected chi connectivity index (χ3v) is 5.62. The zero-order chi connectivity index (χ0) is 22.0. The molecular weight excluding hydrogens is 466 g/mol. The van der Waals surface area contributed by atoms with Crippen molar-refractivity contribution in [1.29, 1.82) is 0 Å². The standard InChI is InChI=1S/C21H20BrN5O4/c1-12-9-14(3-5-16(12)22)24-21(29)20-13(2)27(26-25-20)11-19(28)23-15-4-6-17-18(10-15)31-8-7-30-17/h3-6,9-10H,7-8,11H2,1-2H3,(H,23,28)(H,24,29). The quantitative estimate of drug-likeness (QED) is 0.573. The number of benzene rings is 2. The van der Waals surface area contributed by atoms with Crippen molar-refractivity contribution in [3.63, 3.8) is 0 Å². The number of anilines is 2. The SMILES string of the molecule is Cc1cc(NC(=O)c2nnn(CC(=O)Nc3ccc4c(c3)OCCO4)c2C)ccc1Br. The van der Waals surface area contributed by atoms with E-state index in [2.05, 4.69) is 36.9 Å². The molecule has 0 unspecified atom stereocenters.